The third kappa shape index (κ3) is 5.20. The minimum atomic E-state index is -0.982. The summed E-state index contributed by atoms with van der Waals surface area (Å²) in [7, 11) is 0. The van der Waals surface area contributed by atoms with Crippen molar-refractivity contribution < 1.29 is 24.8 Å². The molecule has 5 aliphatic rings. The smallest absolute Gasteiger partial charge is 0.174 e. The van der Waals surface area contributed by atoms with E-state index in [1.165, 1.54) is 50.5 Å². The van der Waals surface area contributed by atoms with Gasteiger partial charge in [0.05, 0.1) is 18.8 Å². The highest BCUT2D eigenvalue weighted by Crippen LogP contribution is 2.67. The average molecular weight is 531 g/mol. The zero-order valence-electron chi connectivity index (χ0n) is 24.5. The lowest BCUT2D eigenvalue weighted by Crippen LogP contribution is -2.55. The molecule has 0 radical (unpaired) electrons. The molecule has 0 unspecified atom stereocenters. The highest BCUT2D eigenvalue weighted by Gasteiger charge is 2.61. The maximum Gasteiger partial charge on any atom is 0.174 e. The molecule has 5 rings (SSSR count). The van der Waals surface area contributed by atoms with Crippen molar-refractivity contribution in [2.24, 2.45) is 46.3 Å². The lowest BCUT2D eigenvalue weighted by molar-refractivity contribution is -0.178. The van der Waals surface area contributed by atoms with Crippen LogP contribution in [-0.4, -0.2) is 52.6 Å². The average Bonchev–Trinajstić information content (AvgIpc) is 3.23. The van der Waals surface area contributed by atoms with E-state index in [9.17, 15) is 15.3 Å². The molecule has 0 aromatic rings. The summed E-state index contributed by atoms with van der Waals surface area (Å²) in [4.78, 5) is 0. The molecule has 5 heteroatoms. The van der Waals surface area contributed by atoms with Gasteiger partial charge < -0.3 is 24.8 Å². The van der Waals surface area contributed by atoms with E-state index in [1.807, 2.05) is 6.08 Å². The first-order valence-corrected chi connectivity index (χ1v) is 15.7. The fraction of sp³-hybridized carbons (Fsp3) is 0.879. The largest absolute Gasteiger partial charge is 0.394 e. The van der Waals surface area contributed by atoms with Gasteiger partial charge in [-0.15, -0.1) is 0 Å². The van der Waals surface area contributed by atoms with Crippen LogP contribution >= 0.6 is 0 Å². The molecule has 1 aliphatic heterocycles. The molecule has 0 bridgehead atoms. The van der Waals surface area contributed by atoms with Crippen LogP contribution in [0.3, 0.4) is 0 Å². The molecule has 0 aromatic carbocycles. The van der Waals surface area contributed by atoms with E-state index in [1.54, 1.807) is 6.08 Å². The van der Waals surface area contributed by atoms with Gasteiger partial charge in [0.1, 0.15) is 12.2 Å². The summed E-state index contributed by atoms with van der Waals surface area (Å²) in [5.41, 5.74) is 1.87. The van der Waals surface area contributed by atoms with Crippen LogP contribution in [0.15, 0.2) is 23.8 Å². The van der Waals surface area contributed by atoms with Crippen LogP contribution in [0.25, 0.3) is 0 Å². The number of aliphatic hydroxyl groups excluding tert-OH is 3. The maximum atomic E-state index is 11.7. The predicted octanol–water partition coefficient (Wildman–Crippen LogP) is 6.02. The topological polar surface area (TPSA) is 79.2 Å². The van der Waals surface area contributed by atoms with Gasteiger partial charge >= 0.3 is 0 Å². The van der Waals surface area contributed by atoms with Gasteiger partial charge in [0.25, 0.3) is 0 Å². The van der Waals surface area contributed by atoms with Crippen LogP contribution in [-0.2, 0) is 9.47 Å². The Morgan fingerprint density at radius 2 is 1.79 bits per heavy atom. The van der Waals surface area contributed by atoms with Crippen LogP contribution in [0.5, 0.6) is 0 Å². The lowest BCUT2D eigenvalue weighted by Gasteiger charge is -2.59. The van der Waals surface area contributed by atoms with E-state index in [2.05, 4.69) is 40.7 Å². The van der Waals surface area contributed by atoms with E-state index in [4.69, 9.17) is 9.47 Å². The summed E-state index contributed by atoms with van der Waals surface area (Å²) in [6.45, 7) is 12.1. The zero-order valence-corrected chi connectivity index (χ0v) is 24.5. The fourth-order valence-corrected chi connectivity index (χ4v) is 9.89. The molecule has 0 spiro atoms. The van der Waals surface area contributed by atoms with E-state index in [0.29, 0.717) is 23.2 Å². The summed E-state index contributed by atoms with van der Waals surface area (Å²) in [6.07, 6.45) is 15.5. The molecule has 3 fully saturated rings. The molecule has 3 saturated carbocycles. The van der Waals surface area contributed by atoms with Crippen molar-refractivity contribution in [2.75, 3.05) is 6.61 Å². The van der Waals surface area contributed by atoms with Gasteiger partial charge in [0, 0.05) is 0 Å². The van der Waals surface area contributed by atoms with Gasteiger partial charge in [-0.05, 0) is 97.4 Å². The first kappa shape index (κ1) is 28.8. The Labute approximate surface area is 231 Å². The van der Waals surface area contributed by atoms with Crippen LogP contribution in [0, 0.1) is 46.3 Å². The third-order valence-electron chi connectivity index (χ3n) is 12.0. The molecule has 4 aliphatic carbocycles. The molecule has 216 valence electrons. The number of fused-ring (bicyclic) bond motifs is 5. The second kappa shape index (κ2) is 11.3. The van der Waals surface area contributed by atoms with Crippen molar-refractivity contribution in [1.82, 2.24) is 0 Å². The summed E-state index contributed by atoms with van der Waals surface area (Å²) < 4.78 is 11.9. The maximum absolute atomic E-state index is 11.7. The first-order valence-electron chi connectivity index (χ1n) is 15.7. The number of hydrogen-bond donors (Lipinski definition) is 3. The minimum Gasteiger partial charge on any atom is -0.394 e. The van der Waals surface area contributed by atoms with Gasteiger partial charge in [-0.3, -0.25) is 0 Å². The number of hydrogen-bond acceptors (Lipinski definition) is 5. The van der Waals surface area contributed by atoms with Gasteiger partial charge in [-0.1, -0.05) is 71.6 Å². The van der Waals surface area contributed by atoms with Crippen molar-refractivity contribution in [1.29, 1.82) is 0 Å². The van der Waals surface area contributed by atoms with Crippen LogP contribution in [0.2, 0.25) is 0 Å². The van der Waals surface area contributed by atoms with Crippen molar-refractivity contribution in [3.05, 3.63) is 23.8 Å². The molecule has 0 aromatic heterocycles. The van der Waals surface area contributed by atoms with E-state index in [0.717, 1.165) is 37.0 Å². The van der Waals surface area contributed by atoms with Crippen molar-refractivity contribution in [2.45, 2.75) is 130 Å². The summed E-state index contributed by atoms with van der Waals surface area (Å²) in [6, 6.07) is 0. The van der Waals surface area contributed by atoms with Crippen LogP contribution in [0.1, 0.15) is 98.8 Å². The fourth-order valence-electron chi connectivity index (χ4n) is 9.89. The molecular formula is C33H54O5. The van der Waals surface area contributed by atoms with E-state index in [-0.39, 0.29) is 30.3 Å². The standard InChI is InChI=1S/C33H54O5/c1-20(2)7-6-8-21(3)24-9-10-25-31-26(14-16-33(24,25)5)32(4)15-13-23(17-22(32)18-27(31)35)37-28-11-12-30(36)38-29(28)19-34/h11-12,18,20-21,23-31,34-36H,6-10,13-17,19H2,1-5H3/t21-,23+,24-,25+,26+,27+,28+,29-,30+,31+,32+,33-/m1/s1. The van der Waals surface area contributed by atoms with E-state index < -0.39 is 12.4 Å². The monoisotopic (exact) mass is 530 g/mol. The number of ether oxygens (including phenoxy) is 2. The minimum absolute atomic E-state index is 0.0389. The molecule has 12 atom stereocenters. The number of rotatable bonds is 8. The Morgan fingerprint density at radius 1 is 1.00 bits per heavy atom. The molecule has 38 heavy (non-hydrogen) atoms. The predicted molar refractivity (Wildman–Crippen MR) is 150 cm³/mol. The van der Waals surface area contributed by atoms with Crippen molar-refractivity contribution in [3.63, 3.8) is 0 Å². The molecule has 0 saturated heterocycles. The highest BCUT2D eigenvalue weighted by atomic mass is 16.6. The van der Waals surface area contributed by atoms with Crippen LogP contribution < -0.4 is 0 Å². The highest BCUT2D eigenvalue weighted by molar-refractivity contribution is 5.28. The first-order chi connectivity index (χ1) is 18.1. The normalized spacial score (nSPS) is 47.3. The molecule has 1 heterocycles. The number of aliphatic hydroxyl groups is 3. The Balaban J connectivity index is 1.29. The van der Waals surface area contributed by atoms with E-state index >= 15 is 0 Å². The summed E-state index contributed by atoms with van der Waals surface area (Å²) in [5, 5.41) is 31.1. The summed E-state index contributed by atoms with van der Waals surface area (Å²) >= 11 is 0. The van der Waals surface area contributed by atoms with Gasteiger partial charge in [0.15, 0.2) is 6.29 Å². The zero-order chi connectivity index (χ0) is 27.2. The lowest BCUT2D eigenvalue weighted by atomic mass is 9.46. The van der Waals surface area contributed by atoms with Gasteiger partial charge in [0.2, 0.25) is 0 Å². The molecular weight excluding hydrogens is 476 g/mol. The molecule has 0 amide bonds. The van der Waals surface area contributed by atoms with Crippen molar-refractivity contribution in [3.8, 4) is 0 Å². The quantitative estimate of drug-likeness (QED) is 0.335. The summed E-state index contributed by atoms with van der Waals surface area (Å²) in [5.74, 6) is 3.91. The Bertz CT molecular complexity index is 883. The SMILES string of the molecule is CC(C)CCC[C@@H](C)[C@H]1CC[C@H]2[C@@H]3[C@@H](O)C=C4C[C@@H](O[C@H]5C=C[C@@H](O)O[C@@H]5CO)CC[C@]4(C)[C@H]3CC[C@]12C. The van der Waals surface area contributed by atoms with Crippen molar-refractivity contribution >= 4 is 0 Å². The third-order valence-corrected chi connectivity index (χ3v) is 12.0. The second-order valence-electron chi connectivity index (χ2n) is 14.5. The van der Waals surface area contributed by atoms with Gasteiger partial charge in [-0.25, -0.2) is 0 Å². The van der Waals surface area contributed by atoms with Crippen LogP contribution in [0.4, 0.5) is 0 Å². The molecule has 5 nitrogen and oxygen atoms in total. The van der Waals surface area contributed by atoms with Gasteiger partial charge in [-0.2, -0.15) is 0 Å². The second-order valence-corrected chi connectivity index (χ2v) is 14.5. The molecule has 3 N–H and O–H groups in total. The Morgan fingerprint density at radius 3 is 2.53 bits per heavy atom. The Kier molecular flexibility index (Phi) is 8.55. The Hall–Kier alpha value is -0.720.